The number of rotatable bonds is 6. The van der Waals surface area contributed by atoms with Crippen molar-refractivity contribution in [3.05, 3.63) is 18.2 Å². The van der Waals surface area contributed by atoms with E-state index in [1.807, 2.05) is 0 Å². The zero-order valence-corrected chi connectivity index (χ0v) is 12.6. The molecule has 3 N–H and O–H groups in total. The second-order valence-corrected chi connectivity index (χ2v) is 5.95. The Balaban J connectivity index is 2.03. The summed E-state index contributed by atoms with van der Waals surface area (Å²) >= 11 is 0. The zero-order chi connectivity index (χ0) is 15.4. The summed E-state index contributed by atoms with van der Waals surface area (Å²) < 4.78 is 22.4. The lowest BCUT2D eigenvalue weighted by Gasteiger charge is -2.11. The standard InChI is InChI=1S/C13H17N3O4S/c1-8(6-19-2)15-12(17)7-21(18)13-16-10-5-9(14)3-4-11(10)20-13/h3-5,8H,6-7,14H2,1-2H3,(H,15,17). The first-order valence-corrected chi connectivity index (χ1v) is 7.64. The minimum absolute atomic E-state index is 0.0187. The Bertz CT molecular complexity index is 670. The summed E-state index contributed by atoms with van der Waals surface area (Å²) in [4.78, 5) is 15.8. The Hall–Kier alpha value is -1.93. The van der Waals surface area contributed by atoms with Crippen LogP contribution in [-0.2, 0) is 20.3 Å². The summed E-state index contributed by atoms with van der Waals surface area (Å²) in [5.74, 6) is -0.559. The smallest absolute Gasteiger partial charge is 0.288 e. The van der Waals surface area contributed by atoms with Gasteiger partial charge in [-0.3, -0.25) is 4.79 Å². The average Bonchev–Trinajstić information content (AvgIpc) is 2.81. The number of hydrogen-bond acceptors (Lipinski definition) is 6. The van der Waals surface area contributed by atoms with E-state index in [0.29, 0.717) is 23.4 Å². The molecule has 0 aliphatic heterocycles. The number of hydrogen-bond donors (Lipinski definition) is 2. The van der Waals surface area contributed by atoms with Crippen molar-refractivity contribution in [2.75, 3.05) is 25.2 Å². The Kier molecular flexibility index (Phi) is 4.92. The zero-order valence-electron chi connectivity index (χ0n) is 11.8. The van der Waals surface area contributed by atoms with Crippen LogP contribution in [0.2, 0.25) is 0 Å². The molecule has 0 bridgehead atoms. The van der Waals surface area contributed by atoms with E-state index >= 15 is 0 Å². The normalized spacial score (nSPS) is 14.0. The van der Waals surface area contributed by atoms with Crippen molar-refractivity contribution in [1.82, 2.24) is 10.3 Å². The van der Waals surface area contributed by atoms with Gasteiger partial charge < -0.3 is 20.2 Å². The first-order chi connectivity index (χ1) is 9.99. The first kappa shape index (κ1) is 15.5. The van der Waals surface area contributed by atoms with Crippen LogP contribution in [0.3, 0.4) is 0 Å². The molecule has 0 spiro atoms. The van der Waals surface area contributed by atoms with Gasteiger partial charge in [0.1, 0.15) is 22.1 Å². The number of amides is 1. The van der Waals surface area contributed by atoms with E-state index in [4.69, 9.17) is 14.9 Å². The van der Waals surface area contributed by atoms with Crippen LogP contribution in [0.15, 0.2) is 27.8 Å². The fraction of sp³-hybridized carbons (Fsp3) is 0.385. The van der Waals surface area contributed by atoms with E-state index in [2.05, 4.69) is 10.3 Å². The van der Waals surface area contributed by atoms with Crippen molar-refractivity contribution in [2.24, 2.45) is 0 Å². The highest BCUT2D eigenvalue weighted by molar-refractivity contribution is 7.85. The molecule has 2 atom stereocenters. The Morgan fingerprint density at radius 3 is 3.05 bits per heavy atom. The molecule has 0 fully saturated rings. The predicted octanol–water partition coefficient (Wildman–Crippen LogP) is 0.669. The van der Waals surface area contributed by atoms with Gasteiger partial charge in [-0.25, -0.2) is 9.19 Å². The van der Waals surface area contributed by atoms with Crippen LogP contribution in [0.1, 0.15) is 6.92 Å². The van der Waals surface area contributed by atoms with Gasteiger partial charge in [-0.1, -0.05) is 0 Å². The molecule has 21 heavy (non-hydrogen) atoms. The van der Waals surface area contributed by atoms with Gasteiger partial charge in [0.05, 0.1) is 6.61 Å². The molecule has 1 aromatic carbocycles. The van der Waals surface area contributed by atoms with Crippen molar-refractivity contribution >= 4 is 33.5 Å². The Labute approximate surface area is 124 Å². The quantitative estimate of drug-likeness (QED) is 0.759. The molecule has 1 amide bonds. The lowest BCUT2D eigenvalue weighted by atomic mass is 10.3. The third-order valence-corrected chi connectivity index (χ3v) is 3.76. The minimum Gasteiger partial charge on any atom is -0.430 e. The summed E-state index contributed by atoms with van der Waals surface area (Å²) in [5, 5.41) is 2.70. The van der Waals surface area contributed by atoms with E-state index in [0.717, 1.165) is 0 Å². The van der Waals surface area contributed by atoms with Crippen molar-refractivity contribution in [3.63, 3.8) is 0 Å². The molecule has 0 saturated carbocycles. The van der Waals surface area contributed by atoms with Gasteiger partial charge >= 0.3 is 0 Å². The van der Waals surface area contributed by atoms with Crippen LogP contribution < -0.4 is 11.1 Å². The highest BCUT2D eigenvalue weighted by Crippen LogP contribution is 2.20. The molecule has 2 unspecified atom stereocenters. The van der Waals surface area contributed by atoms with Crippen molar-refractivity contribution < 1.29 is 18.2 Å². The van der Waals surface area contributed by atoms with Crippen LogP contribution in [0.5, 0.6) is 0 Å². The topological polar surface area (TPSA) is 107 Å². The lowest BCUT2D eigenvalue weighted by molar-refractivity contribution is -0.119. The molecular weight excluding hydrogens is 294 g/mol. The third-order valence-electron chi connectivity index (χ3n) is 2.67. The lowest BCUT2D eigenvalue weighted by Crippen LogP contribution is -2.38. The second kappa shape index (κ2) is 6.68. The van der Waals surface area contributed by atoms with E-state index in [1.54, 1.807) is 32.2 Å². The monoisotopic (exact) mass is 311 g/mol. The van der Waals surface area contributed by atoms with Gasteiger partial charge in [0.2, 0.25) is 5.91 Å². The molecule has 1 aromatic heterocycles. The summed E-state index contributed by atoms with van der Waals surface area (Å²) in [6.45, 7) is 2.19. The van der Waals surface area contributed by atoms with Gasteiger partial charge in [-0.15, -0.1) is 0 Å². The number of nitrogens with one attached hydrogen (secondary N) is 1. The minimum atomic E-state index is -1.64. The summed E-state index contributed by atoms with van der Waals surface area (Å²) in [6, 6.07) is 4.79. The Morgan fingerprint density at radius 1 is 1.57 bits per heavy atom. The average molecular weight is 311 g/mol. The number of nitrogen functional groups attached to an aromatic ring is 1. The number of benzene rings is 1. The first-order valence-electron chi connectivity index (χ1n) is 6.32. The van der Waals surface area contributed by atoms with Crippen molar-refractivity contribution in [2.45, 2.75) is 18.2 Å². The number of nitrogens with zero attached hydrogens (tertiary/aromatic N) is 1. The number of oxazole rings is 1. The largest absolute Gasteiger partial charge is 0.430 e. The van der Waals surface area contributed by atoms with E-state index in [1.165, 1.54) is 0 Å². The van der Waals surface area contributed by atoms with Crippen LogP contribution in [-0.4, -0.2) is 40.6 Å². The van der Waals surface area contributed by atoms with Gasteiger partial charge in [0, 0.05) is 18.8 Å². The number of methoxy groups -OCH3 is 1. The van der Waals surface area contributed by atoms with E-state index < -0.39 is 10.8 Å². The number of aromatic nitrogens is 1. The number of nitrogens with two attached hydrogens (primary N) is 1. The number of ether oxygens (including phenoxy) is 1. The SMILES string of the molecule is COCC(C)NC(=O)CS(=O)c1nc2cc(N)ccc2o1. The predicted molar refractivity (Wildman–Crippen MR) is 79.2 cm³/mol. The molecule has 0 radical (unpaired) electrons. The second-order valence-electron chi connectivity index (χ2n) is 4.62. The molecule has 7 nitrogen and oxygen atoms in total. The van der Waals surface area contributed by atoms with E-state index in [9.17, 15) is 9.00 Å². The molecule has 1 heterocycles. The van der Waals surface area contributed by atoms with Gasteiger partial charge in [-0.05, 0) is 25.1 Å². The summed E-state index contributed by atoms with van der Waals surface area (Å²) in [5.41, 5.74) is 7.19. The molecule has 8 heteroatoms. The number of anilines is 1. The summed E-state index contributed by atoms with van der Waals surface area (Å²) in [7, 11) is -0.0981. The maximum atomic E-state index is 12.1. The van der Waals surface area contributed by atoms with Crippen LogP contribution in [0.4, 0.5) is 5.69 Å². The third kappa shape index (κ3) is 4.02. The fourth-order valence-corrected chi connectivity index (χ4v) is 2.64. The van der Waals surface area contributed by atoms with Crippen LogP contribution in [0.25, 0.3) is 11.1 Å². The van der Waals surface area contributed by atoms with Gasteiger partial charge in [-0.2, -0.15) is 0 Å². The van der Waals surface area contributed by atoms with Gasteiger partial charge in [0.15, 0.2) is 5.58 Å². The molecule has 0 aliphatic carbocycles. The van der Waals surface area contributed by atoms with Crippen molar-refractivity contribution in [3.8, 4) is 0 Å². The number of carbonyl (C=O) groups is 1. The molecule has 0 saturated heterocycles. The molecule has 2 aromatic rings. The number of fused-ring (bicyclic) bond motifs is 1. The highest BCUT2D eigenvalue weighted by Gasteiger charge is 2.17. The fourth-order valence-electron chi connectivity index (χ4n) is 1.81. The van der Waals surface area contributed by atoms with E-state index in [-0.39, 0.29) is 22.9 Å². The number of carbonyl (C=O) groups excluding carboxylic acids is 1. The van der Waals surface area contributed by atoms with Crippen LogP contribution in [0, 0.1) is 0 Å². The molecule has 0 aliphatic rings. The summed E-state index contributed by atoms with van der Waals surface area (Å²) in [6.07, 6.45) is 0. The molecule has 2 rings (SSSR count). The van der Waals surface area contributed by atoms with Gasteiger partial charge in [0.25, 0.3) is 5.22 Å². The maximum Gasteiger partial charge on any atom is 0.288 e. The van der Waals surface area contributed by atoms with Crippen molar-refractivity contribution in [1.29, 1.82) is 0 Å². The van der Waals surface area contributed by atoms with Crippen LogP contribution >= 0.6 is 0 Å². The Morgan fingerprint density at radius 2 is 2.33 bits per heavy atom. The maximum absolute atomic E-state index is 12.1. The molecular formula is C13H17N3O4S. The molecule has 114 valence electrons. The highest BCUT2D eigenvalue weighted by atomic mass is 32.2.